The molecule has 3 atom stereocenters. The summed E-state index contributed by atoms with van der Waals surface area (Å²) in [5.41, 5.74) is 0. The van der Waals surface area contributed by atoms with Crippen molar-refractivity contribution in [2.24, 2.45) is 23.7 Å². The fraction of sp³-hybridized carbons (Fsp3) is 1.00. The summed E-state index contributed by atoms with van der Waals surface area (Å²) in [7, 11) is 0. The highest BCUT2D eigenvalue weighted by Crippen LogP contribution is 2.40. The first-order valence-corrected chi connectivity index (χ1v) is 5.65. The predicted octanol–water partition coefficient (Wildman–Crippen LogP) is 4.10. The molecule has 1 saturated carbocycles. The molecule has 1 fully saturated rings. The molecule has 0 nitrogen and oxygen atoms in total. The first kappa shape index (κ1) is 10.1. The molecular formula is C12H24. The summed E-state index contributed by atoms with van der Waals surface area (Å²) in [6.45, 7) is 9.59. The van der Waals surface area contributed by atoms with Gasteiger partial charge in [0.1, 0.15) is 0 Å². The Morgan fingerprint density at radius 2 is 1.67 bits per heavy atom. The Morgan fingerprint density at radius 1 is 1.17 bits per heavy atom. The van der Waals surface area contributed by atoms with Crippen molar-refractivity contribution in [2.75, 3.05) is 0 Å². The maximum Gasteiger partial charge on any atom is -0.0383 e. The summed E-state index contributed by atoms with van der Waals surface area (Å²) in [6.07, 6.45) is 5.77. The van der Waals surface area contributed by atoms with Crippen molar-refractivity contribution in [3.05, 3.63) is 0 Å². The minimum atomic E-state index is 0.974. The van der Waals surface area contributed by atoms with Gasteiger partial charge in [-0.3, -0.25) is 0 Å². The van der Waals surface area contributed by atoms with Gasteiger partial charge in [0.05, 0.1) is 0 Å². The highest BCUT2D eigenvalue weighted by molar-refractivity contribution is 4.81. The predicted molar refractivity (Wildman–Crippen MR) is 55.1 cm³/mol. The zero-order chi connectivity index (χ0) is 9.14. The molecule has 0 N–H and O–H groups in total. The zero-order valence-corrected chi connectivity index (χ0v) is 9.14. The first-order chi connectivity index (χ1) is 5.65. The Bertz CT molecular complexity index is 118. The standard InChI is InChI=1S/C12H24/c1-5-6-9(2)12-7-10(3)11(4)8-12/h9-12H,5-8H2,1-4H3. The molecule has 0 spiro atoms. The Hall–Kier alpha value is 0. The van der Waals surface area contributed by atoms with Crippen molar-refractivity contribution in [2.45, 2.75) is 53.4 Å². The van der Waals surface area contributed by atoms with Crippen LogP contribution >= 0.6 is 0 Å². The second-order valence-corrected chi connectivity index (χ2v) is 4.95. The van der Waals surface area contributed by atoms with E-state index in [2.05, 4.69) is 27.7 Å². The maximum absolute atomic E-state index is 2.44. The maximum atomic E-state index is 2.44. The van der Waals surface area contributed by atoms with Crippen LogP contribution in [0.15, 0.2) is 0 Å². The Labute approximate surface area is 77.7 Å². The molecule has 0 aromatic carbocycles. The van der Waals surface area contributed by atoms with E-state index in [9.17, 15) is 0 Å². The third kappa shape index (κ3) is 2.24. The van der Waals surface area contributed by atoms with Crippen LogP contribution in [0.4, 0.5) is 0 Å². The Kier molecular flexibility index (Phi) is 3.61. The van der Waals surface area contributed by atoms with Gasteiger partial charge >= 0.3 is 0 Å². The second-order valence-electron chi connectivity index (χ2n) is 4.95. The number of hydrogen-bond donors (Lipinski definition) is 0. The summed E-state index contributed by atoms with van der Waals surface area (Å²) in [5.74, 6) is 3.97. The lowest BCUT2D eigenvalue weighted by Gasteiger charge is -2.18. The van der Waals surface area contributed by atoms with E-state index in [0.717, 1.165) is 23.7 Å². The van der Waals surface area contributed by atoms with Gasteiger partial charge in [0.2, 0.25) is 0 Å². The average Bonchev–Trinajstić information content (AvgIpc) is 2.33. The van der Waals surface area contributed by atoms with Crippen LogP contribution in [-0.2, 0) is 0 Å². The average molecular weight is 168 g/mol. The van der Waals surface area contributed by atoms with Crippen molar-refractivity contribution >= 4 is 0 Å². The van der Waals surface area contributed by atoms with E-state index >= 15 is 0 Å². The molecule has 72 valence electrons. The van der Waals surface area contributed by atoms with E-state index in [1.165, 1.54) is 25.7 Å². The molecule has 1 rings (SSSR count). The fourth-order valence-electron chi connectivity index (χ4n) is 2.67. The topological polar surface area (TPSA) is 0 Å². The Morgan fingerprint density at radius 3 is 2.08 bits per heavy atom. The summed E-state index contributed by atoms with van der Waals surface area (Å²) >= 11 is 0. The van der Waals surface area contributed by atoms with Gasteiger partial charge in [0, 0.05) is 0 Å². The molecule has 0 aromatic rings. The van der Waals surface area contributed by atoms with Crippen molar-refractivity contribution in [3.63, 3.8) is 0 Å². The van der Waals surface area contributed by atoms with Crippen LogP contribution in [0.3, 0.4) is 0 Å². The molecule has 0 heteroatoms. The fourth-order valence-corrected chi connectivity index (χ4v) is 2.67. The van der Waals surface area contributed by atoms with Gasteiger partial charge in [-0.25, -0.2) is 0 Å². The number of hydrogen-bond acceptors (Lipinski definition) is 0. The summed E-state index contributed by atoms with van der Waals surface area (Å²) < 4.78 is 0. The molecular weight excluding hydrogens is 144 g/mol. The quantitative estimate of drug-likeness (QED) is 0.595. The van der Waals surface area contributed by atoms with Gasteiger partial charge in [0.15, 0.2) is 0 Å². The molecule has 1 aliphatic carbocycles. The van der Waals surface area contributed by atoms with Crippen LogP contribution in [-0.4, -0.2) is 0 Å². The SMILES string of the molecule is CCCC(C)C1CC(C)C(C)C1. The van der Waals surface area contributed by atoms with Crippen LogP contribution in [0.25, 0.3) is 0 Å². The molecule has 0 heterocycles. The number of rotatable bonds is 3. The highest BCUT2D eigenvalue weighted by atomic mass is 14.4. The van der Waals surface area contributed by atoms with Crippen LogP contribution in [0.2, 0.25) is 0 Å². The van der Waals surface area contributed by atoms with Gasteiger partial charge in [-0.2, -0.15) is 0 Å². The van der Waals surface area contributed by atoms with E-state index in [1.807, 2.05) is 0 Å². The van der Waals surface area contributed by atoms with E-state index in [1.54, 1.807) is 0 Å². The highest BCUT2D eigenvalue weighted by Gasteiger charge is 2.30. The van der Waals surface area contributed by atoms with Crippen molar-refractivity contribution in [1.82, 2.24) is 0 Å². The molecule has 0 aromatic heterocycles. The normalized spacial score (nSPS) is 38.5. The van der Waals surface area contributed by atoms with E-state index in [4.69, 9.17) is 0 Å². The zero-order valence-electron chi connectivity index (χ0n) is 9.14. The summed E-state index contributed by atoms with van der Waals surface area (Å²) in [6, 6.07) is 0. The lowest BCUT2D eigenvalue weighted by atomic mass is 9.88. The Balaban J connectivity index is 2.35. The minimum Gasteiger partial charge on any atom is -0.0654 e. The molecule has 0 aliphatic heterocycles. The lowest BCUT2D eigenvalue weighted by Crippen LogP contribution is -2.07. The summed E-state index contributed by atoms with van der Waals surface area (Å²) in [5, 5.41) is 0. The third-order valence-electron chi connectivity index (χ3n) is 3.87. The monoisotopic (exact) mass is 168 g/mol. The second kappa shape index (κ2) is 4.30. The third-order valence-corrected chi connectivity index (χ3v) is 3.87. The van der Waals surface area contributed by atoms with Gasteiger partial charge in [-0.1, -0.05) is 40.5 Å². The molecule has 0 radical (unpaired) electrons. The lowest BCUT2D eigenvalue weighted by molar-refractivity contribution is 0.332. The van der Waals surface area contributed by atoms with Gasteiger partial charge in [0.25, 0.3) is 0 Å². The molecule has 12 heavy (non-hydrogen) atoms. The van der Waals surface area contributed by atoms with Crippen molar-refractivity contribution < 1.29 is 0 Å². The molecule has 0 bridgehead atoms. The van der Waals surface area contributed by atoms with Crippen LogP contribution in [0.5, 0.6) is 0 Å². The smallest absolute Gasteiger partial charge is 0.0383 e. The van der Waals surface area contributed by atoms with E-state index in [-0.39, 0.29) is 0 Å². The van der Waals surface area contributed by atoms with Crippen LogP contribution in [0.1, 0.15) is 53.4 Å². The molecule has 1 aliphatic rings. The molecule has 0 amide bonds. The first-order valence-electron chi connectivity index (χ1n) is 5.65. The van der Waals surface area contributed by atoms with E-state index in [0.29, 0.717) is 0 Å². The van der Waals surface area contributed by atoms with Crippen LogP contribution in [0, 0.1) is 23.7 Å². The van der Waals surface area contributed by atoms with E-state index < -0.39 is 0 Å². The van der Waals surface area contributed by atoms with Crippen molar-refractivity contribution in [1.29, 1.82) is 0 Å². The molecule has 3 unspecified atom stereocenters. The van der Waals surface area contributed by atoms with Gasteiger partial charge in [-0.15, -0.1) is 0 Å². The molecule has 0 saturated heterocycles. The van der Waals surface area contributed by atoms with Gasteiger partial charge < -0.3 is 0 Å². The summed E-state index contributed by atoms with van der Waals surface area (Å²) in [4.78, 5) is 0. The van der Waals surface area contributed by atoms with Gasteiger partial charge in [-0.05, 0) is 36.5 Å². The van der Waals surface area contributed by atoms with Crippen LogP contribution < -0.4 is 0 Å². The minimum absolute atomic E-state index is 0.974. The van der Waals surface area contributed by atoms with Crippen molar-refractivity contribution in [3.8, 4) is 0 Å². The largest absolute Gasteiger partial charge is 0.0654 e.